The molecular weight excluding hydrogens is 394 g/mol. The van der Waals surface area contributed by atoms with Gasteiger partial charge in [-0.2, -0.15) is 0 Å². The minimum absolute atomic E-state index is 0.175. The number of benzene rings is 2. The SMILES string of the molecule is CCn1c(=O)c(=O)n(Cc2ccc(C(=O)NCCc3ccco3)cc2)c2ccccc21. The minimum atomic E-state index is -0.555. The summed E-state index contributed by atoms with van der Waals surface area (Å²) >= 11 is 0. The van der Waals surface area contributed by atoms with Crippen LogP contribution in [0.3, 0.4) is 0 Å². The molecule has 0 radical (unpaired) electrons. The Morgan fingerprint density at radius 1 is 0.903 bits per heavy atom. The molecule has 2 heterocycles. The molecule has 158 valence electrons. The third kappa shape index (κ3) is 4.21. The first kappa shape index (κ1) is 20.4. The number of nitrogens with one attached hydrogen (secondary N) is 1. The van der Waals surface area contributed by atoms with E-state index < -0.39 is 11.1 Å². The van der Waals surface area contributed by atoms with Crippen molar-refractivity contribution in [3.63, 3.8) is 0 Å². The molecule has 31 heavy (non-hydrogen) atoms. The molecule has 7 nitrogen and oxygen atoms in total. The molecule has 0 atom stereocenters. The van der Waals surface area contributed by atoms with Gasteiger partial charge in [0.2, 0.25) is 0 Å². The van der Waals surface area contributed by atoms with Gasteiger partial charge in [0.25, 0.3) is 5.91 Å². The van der Waals surface area contributed by atoms with Gasteiger partial charge >= 0.3 is 11.1 Å². The number of rotatable bonds is 7. The van der Waals surface area contributed by atoms with Crippen LogP contribution >= 0.6 is 0 Å². The molecule has 4 aromatic rings. The second-order valence-electron chi connectivity index (χ2n) is 7.21. The highest BCUT2D eigenvalue weighted by atomic mass is 16.3. The molecule has 0 saturated heterocycles. The third-order valence-corrected chi connectivity index (χ3v) is 5.25. The number of hydrogen-bond donors (Lipinski definition) is 1. The zero-order chi connectivity index (χ0) is 21.8. The van der Waals surface area contributed by atoms with Gasteiger partial charge in [-0.3, -0.25) is 19.0 Å². The number of para-hydroxylation sites is 2. The fourth-order valence-corrected chi connectivity index (χ4v) is 3.64. The van der Waals surface area contributed by atoms with E-state index in [-0.39, 0.29) is 12.5 Å². The maximum Gasteiger partial charge on any atom is 0.317 e. The second kappa shape index (κ2) is 8.87. The van der Waals surface area contributed by atoms with E-state index in [1.165, 1.54) is 9.13 Å². The third-order valence-electron chi connectivity index (χ3n) is 5.25. The van der Waals surface area contributed by atoms with E-state index in [9.17, 15) is 14.4 Å². The van der Waals surface area contributed by atoms with Crippen molar-refractivity contribution in [1.29, 1.82) is 0 Å². The maximum absolute atomic E-state index is 12.7. The first-order chi connectivity index (χ1) is 15.1. The van der Waals surface area contributed by atoms with Gasteiger partial charge in [-0.05, 0) is 48.9 Å². The summed E-state index contributed by atoms with van der Waals surface area (Å²) in [5, 5.41) is 2.86. The molecule has 0 aliphatic carbocycles. The minimum Gasteiger partial charge on any atom is -0.469 e. The van der Waals surface area contributed by atoms with Crippen molar-refractivity contribution in [2.24, 2.45) is 0 Å². The highest BCUT2D eigenvalue weighted by molar-refractivity contribution is 5.94. The van der Waals surface area contributed by atoms with Crippen LogP contribution in [-0.2, 0) is 19.5 Å². The number of aryl methyl sites for hydroxylation is 1. The Labute approximate surface area is 178 Å². The zero-order valence-corrected chi connectivity index (χ0v) is 17.2. The van der Waals surface area contributed by atoms with Crippen LogP contribution in [-0.4, -0.2) is 21.6 Å². The molecule has 0 bridgehead atoms. The summed E-state index contributed by atoms with van der Waals surface area (Å²) < 4.78 is 8.23. The fraction of sp³-hybridized carbons (Fsp3) is 0.208. The number of hydrogen-bond acceptors (Lipinski definition) is 4. The summed E-state index contributed by atoms with van der Waals surface area (Å²) in [6, 6.07) is 18.1. The Bertz CT molecular complexity index is 1320. The first-order valence-corrected chi connectivity index (χ1v) is 10.2. The van der Waals surface area contributed by atoms with E-state index >= 15 is 0 Å². The van der Waals surface area contributed by atoms with Crippen molar-refractivity contribution in [2.45, 2.75) is 26.4 Å². The predicted molar refractivity (Wildman–Crippen MR) is 118 cm³/mol. The average molecular weight is 417 g/mol. The van der Waals surface area contributed by atoms with Crippen LogP contribution in [0, 0.1) is 0 Å². The van der Waals surface area contributed by atoms with Gasteiger partial charge in [0.15, 0.2) is 0 Å². The number of aromatic nitrogens is 2. The second-order valence-corrected chi connectivity index (χ2v) is 7.21. The highest BCUT2D eigenvalue weighted by Crippen LogP contribution is 2.13. The van der Waals surface area contributed by atoms with Gasteiger partial charge in [-0.25, -0.2) is 0 Å². The average Bonchev–Trinajstić information content (AvgIpc) is 3.31. The van der Waals surface area contributed by atoms with Gasteiger partial charge < -0.3 is 14.3 Å². The van der Waals surface area contributed by atoms with Crippen LogP contribution in [0.4, 0.5) is 0 Å². The smallest absolute Gasteiger partial charge is 0.317 e. The summed E-state index contributed by atoms with van der Waals surface area (Å²) in [5.41, 5.74) is 1.69. The lowest BCUT2D eigenvalue weighted by atomic mass is 10.1. The molecule has 0 fully saturated rings. The van der Waals surface area contributed by atoms with Crippen LogP contribution in [0.5, 0.6) is 0 Å². The first-order valence-electron chi connectivity index (χ1n) is 10.2. The number of fused-ring (bicyclic) bond motifs is 1. The molecule has 7 heteroatoms. The summed E-state index contributed by atoms with van der Waals surface area (Å²) in [6.45, 7) is 3.00. The lowest BCUT2D eigenvalue weighted by Gasteiger charge is -2.14. The largest absolute Gasteiger partial charge is 0.469 e. The van der Waals surface area contributed by atoms with Crippen LogP contribution in [0.25, 0.3) is 11.0 Å². The van der Waals surface area contributed by atoms with Gasteiger partial charge in [-0.1, -0.05) is 24.3 Å². The van der Waals surface area contributed by atoms with E-state index in [4.69, 9.17) is 4.42 Å². The van der Waals surface area contributed by atoms with Crippen molar-refractivity contribution in [1.82, 2.24) is 14.5 Å². The summed E-state index contributed by atoms with van der Waals surface area (Å²) in [7, 11) is 0. The van der Waals surface area contributed by atoms with Crippen LogP contribution < -0.4 is 16.4 Å². The van der Waals surface area contributed by atoms with Crippen molar-refractivity contribution >= 4 is 16.9 Å². The van der Waals surface area contributed by atoms with E-state index in [1.807, 2.05) is 43.3 Å². The number of furan rings is 1. The molecule has 2 aromatic heterocycles. The van der Waals surface area contributed by atoms with Crippen molar-refractivity contribution in [2.75, 3.05) is 6.54 Å². The number of amides is 1. The van der Waals surface area contributed by atoms with Crippen molar-refractivity contribution in [3.05, 3.63) is 105 Å². The molecule has 0 aliphatic rings. The van der Waals surface area contributed by atoms with E-state index in [0.29, 0.717) is 30.6 Å². The summed E-state index contributed by atoms with van der Waals surface area (Å²) in [4.78, 5) is 37.6. The van der Waals surface area contributed by atoms with E-state index in [1.54, 1.807) is 30.5 Å². The Kier molecular flexibility index (Phi) is 5.84. The molecule has 1 amide bonds. The van der Waals surface area contributed by atoms with Crippen LogP contribution in [0.1, 0.15) is 28.6 Å². The van der Waals surface area contributed by atoms with E-state index in [2.05, 4.69) is 5.32 Å². The van der Waals surface area contributed by atoms with Gasteiger partial charge in [0.05, 0.1) is 23.8 Å². The fourth-order valence-electron chi connectivity index (χ4n) is 3.64. The summed E-state index contributed by atoms with van der Waals surface area (Å²) in [6.07, 6.45) is 2.23. The van der Waals surface area contributed by atoms with Gasteiger partial charge in [0, 0.05) is 25.1 Å². The van der Waals surface area contributed by atoms with Crippen molar-refractivity contribution in [3.8, 4) is 0 Å². The normalized spacial score (nSPS) is 11.0. The molecule has 1 N–H and O–H groups in total. The van der Waals surface area contributed by atoms with Gasteiger partial charge in [0.1, 0.15) is 5.76 Å². The quantitative estimate of drug-likeness (QED) is 0.469. The van der Waals surface area contributed by atoms with E-state index in [0.717, 1.165) is 16.8 Å². The topological polar surface area (TPSA) is 86.2 Å². The molecule has 0 saturated carbocycles. The Balaban J connectivity index is 1.52. The number of nitrogens with zero attached hydrogens (tertiary/aromatic N) is 2. The standard InChI is InChI=1S/C24H23N3O4/c1-2-26-20-7-3-4-8-21(20)27(24(30)23(26)29)16-17-9-11-18(12-10-17)22(28)25-14-13-19-6-5-15-31-19/h3-12,15H,2,13-14,16H2,1H3,(H,25,28). The number of carbonyl (C=O) groups is 1. The Morgan fingerprint density at radius 2 is 1.58 bits per heavy atom. The molecular formula is C24H23N3O4. The Hall–Kier alpha value is -3.87. The van der Waals surface area contributed by atoms with Gasteiger partial charge in [-0.15, -0.1) is 0 Å². The molecule has 2 aromatic carbocycles. The molecule has 0 aliphatic heterocycles. The molecule has 0 unspecified atom stereocenters. The predicted octanol–water partition coefficient (Wildman–Crippen LogP) is 2.80. The highest BCUT2D eigenvalue weighted by Gasteiger charge is 2.13. The van der Waals surface area contributed by atoms with Crippen LogP contribution in [0.2, 0.25) is 0 Å². The maximum atomic E-state index is 12.7. The van der Waals surface area contributed by atoms with Crippen LogP contribution in [0.15, 0.2) is 80.9 Å². The molecule has 0 spiro atoms. The number of carbonyl (C=O) groups excluding carboxylic acids is 1. The summed E-state index contributed by atoms with van der Waals surface area (Å²) in [5.74, 6) is 0.643. The molecule has 4 rings (SSSR count). The lowest BCUT2D eigenvalue weighted by Crippen LogP contribution is -2.41. The lowest BCUT2D eigenvalue weighted by molar-refractivity contribution is 0.0953. The van der Waals surface area contributed by atoms with Crippen molar-refractivity contribution < 1.29 is 9.21 Å². The Morgan fingerprint density at radius 3 is 2.23 bits per heavy atom. The zero-order valence-electron chi connectivity index (χ0n) is 17.2. The monoisotopic (exact) mass is 417 g/mol.